The Kier molecular flexibility index (Phi) is 4.49. The van der Waals surface area contributed by atoms with Crippen molar-refractivity contribution in [2.24, 2.45) is 0 Å². The van der Waals surface area contributed by atoms with Crippen molar-refractivity contribution in [2.75, 3.05) is 14.1 Å². The van der Waals surface area contributed by atoms with Gasteiger partial charge in [-0.05, 0) is 6.42 Å². The Morgan fingerprint density at radius 1 is 1.38 bits per heavy atom. The van der Waals surface area contributed by atoms with E-state index < -0.39 is 4.65 Å². The highest BCUT2D eigenvalue weighted by Crippen LogP contribution is 2.22. The molecule has 0 spiro atoms. The largest absolute Gasteiger partial charge is 0.444 e. The minimum absolute atomic E-state index is 0.0500. The molecule has 8 nitrogen and oxygen atoms in total. The Bertz CT molecular complexity index is 632. The number of hydroxylamine groups is 2. The van der Waals surface area contributed by atoms with Crippen molar-refractivity contribution in [1.82, 2.24) is 24.2 Å². The summed E-state index contributed by atoms with van der Waals surface area (Å²) in [7, 11) is 3.15. The monoisotopic (exact) mass is 294 g/mol. The summed E-state index contributed by atoms with van der Waals surface area (Å²) in [6.45, 7) is 2.07. The average Bonchev–Trinajstić information content (AvgIpc) is 2.84. The van der Waals surface area contributed by atoms with Gasteiger partial charge in [0.2, 0.25) is 0 Å². The number of unbranched alkanes of at least 4 members (excludes halogenated alkanes) is 1. The predicted octanol–water partition coefficient (Wildman–Crippen LogP) is 1.47. The van der Waals surface area contributed by atoms with Crippen molar-refractivity contribution in [1.29, 1.82) is 0 Å². The summed E-state index contributed by atoms with van der Waals surface area (Å²) in [5.74, 6) is 0.141. The third kappa shape index (κ3) is 3.53. The van der Waals surface area contributed by atoms with Crippen LogP contribution in [0.15, 0.2) is 12.7 Å². The molecule has 0 fully saturated rings. The third-order valence-electron chi connectivity index (χ3n) is 3.00. The van der Waals surface area contributed by atoms with Crippen molar-refractivity contribution >= 4 is 23.0 Å². The van der Waals surface area contributed by atoms with Crippen molar-refractivity contribution < 1.29 is 14.7 Å². The third-order valence-corrected chi connectivity index (χ3v) is 3.00. The Morgan fingerprint density at radius 3 is 2.81 bits per heavy atom. The number of nitrogens with zero attached hydrogens (tertiary/aromatic N) is 5. The van der Waals surface area contributed by atoms with Gasteiger partial charge in [0.1, 0.15) is 26.7 Å². The fraction of sp³-hybridized carbons (Fsp3) is 0.538. The van der Waals surface area contributed by atoms with E-state index in [0.717, 1.165) is 12.8 Å². The standard InChI is InChI=1S/C13H20N5O3/c1-4-5-6-10(19)21-9-17-8-16-11-12(17)14-7-15-13(11)18(2,3)20/h7-8,20H,4-6,9H2,1-3H3/q+1. The lowest BCUT2D eigenvalue weighted by Gasteiger charge is -2.17. The topological polar surface area (TPSA) is 90.1 Å². The second kappa shape index (κ2) is 6.15. The van der Waals surface area contributed by atoms with Crippen LogP contribution in [0.1, 0.15) is 26.2 Å². The van der Waals surface area contributed by atoms with Gasteiger partial charge in [-0.25, -0.2) is 15.2 Å². The molecule has 0 bridgehead atoms. The van der Waals surface area contributed by atoms with Gasteiger partial charge in [0.05, 0.1) is 0 Å². The molecule has 1 N–H and O–H groups in total. The second-order valence-corrected chi connectivity index (χ2v) is 5.23. The van der Waals surface area contributed by atoms with E-state index >= 15 is 0 Å². The van der Waals surface area contributed by atoms with Crippen LogP contribution >= 0.6 is 0 Å². The molecule has 2 heterocycles. The molecule has 0 saturated heterocycles. The van der Waals surface area contributed by atoms with Crippen LogP contribution in [0.2, 0.25) is 0 Å². The number of ether oxygens (including phenoxy) is 1. The summed E-state index contributed by atoms with van der Waals surface area (Å²) in [6.07, 6.45) is 5.04. The number of carbonyl (C=O) groups is 1. The highest BCUT2D eigenvalue weighted by atomic mass is 16.5. The smallest absolute Gasteiger partial charge is 0.307 e. The quantitative estimate of drug-likeness (QED) is 0.493. The van der Waals surface area contributed by atoms with E-state index in [9.17, 15) is 10.0 Å². The van der Waals surface area contributed by atoms with Gasteiger partial charge < -0.3 is 4.74 Å². The van der Waals surface area contributed by atoms with Crippen LogP contribution in [0.5, 0.6) is 0 Å². The van der Waals surface area contributed by atoms with Gasteiger partial charge in [-0.15, -0.1) is 4.65 Å². The molecule has 0 aliphatic rings. The van der Waals surface area contributed by atoms with Gasteiger partial charge in [0, 0.05) is 6.42 Å². The van der Waals surface area contributed by atoms with E-state index in [4.69, 9.17) is 4.74 Å². The highest BCUT2D eigenvalue weighted by Gasteiger charge is 2.24. The molecule has 0 saturated carbocycles. The summed E-state index contributed by atoms with van der Waals surface area (Å²) < 4.78 is 6.34. The number of imidazole rings is 1. The van der Waals surface area contributed by atoms with Crippen molar-refractivity contribution in [3.63, 3.8) is 0 Å². The predicted molar refractivity (Wildman–Crippen MR) is 76.4 cm³/mol. The molecule has 2 rings (SSSR count). The molecule has 2 aromatic rings. The first-order valence-corrected chi connectivity index (χ1v) is 6.82. The number of fused-ring (bicyclic) bond motifs is 1. The summed E-state index contributed by atoms with van der Waals surface area (Å²) in [6, 6.07) is 0. The van der Waals surface area contributed by atoms with Crippen LogP contribution in [-0.2, 0) is 16.3 Å². The molecule has 114 valence electrons. The van der Waals surface area contributed by atoms with E-state index in [1.807, 2.05) is 6.92 Å². The molecule has 0 unspecified atom stereocenters. The number of hydrogen-bond acceptors (Lipinski definition) is 6. The molecular formula is C13H20N5O3+. The zero-order valence-electron chi connectivity index (χ0n) is 12.5. The lowest BCUT2D eigenvalue weighted by Crippen LogP contribution is -2.37. The Labute approximate surface area is 122 Å². The normalized spacial score (nSPS) is 11.8. The number of carbonyl (C=O) groups excluding carboxylic acids is 1. The molecule has 0 atom stereocenters. The van der Waals surface area contributed by atoms with Gasteiger partial charge in [-0.1, -0.05) is 13.3 Å². The Hall–Kier alpha value is -2.06. The zero-order chi connectivity index (χ0) is 15.5. The molecule has 0 aliphatic carbocycles. The zero-order valence-corrected chi connectivity index (χ0v) is 12.5. The summed E-state index contributed by atoms with van der Waals surface area (Å²) in [5.41, 5.74) is 0.998. The fourth-order valence-corrected chi connectivity index (χ4v) is 1.90. The minimum atomic E-state index is -0.452. The average molecular weight is 294 g/mol. The molecule has 21 heavy (non-hydrogen) atoms. The van der Waals surface area contributed by atoms with Crippen molar-refractivity contribution in [2.45, 2.75) is 32.9 Å². The maximum Gasteiger partial charge on any atom is 0.307 e. The van der Waals surface area contributed by atoms with E-state index in [2.05, 4.69) is 15.0 Å². The van der Waals surface area contributed by atoms with Crippen LogP contribution in [0.25, 0.3) is 11.2 Å². The van der Waals surface area contributed by atoms with Crippen LogP contribution < -0.4 is 4.65 Å². The van der Waals surface area contributed by atoms with Crippen LogP contribution in [-0.4, -0.2) is 44.8 Å². The van der Waals surface area contributed by atoms with Crippen LogP contribution in [0.4, 0.5) is 5.82 Å². The number of rotatable bonds is 6. The molecule has 2 aromatic heterocycles. The van der Waals surface area contributed by atoms with Crippen LogP contribution in [0.3, 0.4) is 0 Å². The van der Waals surface area contributed by atoms with E-state index in [1.165, 1.54) is 12.7 Å². The first-order valence-electron chi connectivity index (χ1n) is 6.82. The lowest BCUT2D eigenvalue weighted by molar-refractivity contribution is -0.147. The maximum atomic E-state index is 11.5. The van der Waals surface area contributed by atoms with E-state index in [-0.39, 0.29) is 12.7 Å². The Balaban J connectivity index is 2.18. The van der Waals surface area contributed by atoms with E-state index in [1.54, 1.807) is 18.7 Å². The first-order chi connectivity index (χ1) is 9.93. The number of esters is 1. The SMILES string of the molecule is CCCCC(=O)OCn1cnc2c([N+](C)(C)O)ncnc21. The summed E-state index contributed by atoms with van der Waals surface area (Å²) in [5, 5.41) is 10.0. The fourth-order valence-electron chi connectivity index (χ4n) is 1.90. The molecule has 0 aliphatic heterocycles. The van der Waals surface area contributed by atoms with Gasteiger partial charge in [-0.2, -0.15) is 4.98 Å². The number of quaternary nitrogens is 1. The van der Waals surface area contributed by atoms with Gasteiger partial charge >= 0.3 is 5.97 Å². The molecular weight excluding hydrogens is 274 g/mol. The van der Waals surface area contributed by atoms with Gasteiger partial charge in [0.15, 0.2) is 17.9 Å². The lowest BCUT2D eigenvalue weighted by atomic mass is 10.3. The number of hydrogen-bond donors (Lipinski definition) is 1. The molecule has 0 radical (unpaired) electrons. The molecule has 0 aromatic carbocycles. The minimum Gasteiger partial charge on any atom is -0.444 e. The Morgan fingerprint density at radius 2 is 2.14 bits per heavy atom. The van der Waals surface area contributed by atoms with Crippen molar-refractivity contribution in [3.05, 3.63) is 12.7 Å². The second-order valence-electron chi connectivity index (χ2n) is 5.23. The molecule has 0 amide bonds. The van der Waals surface area contributed by atoms with Gasteiger partial charge in [0.25, 0.3) is 5.82 Å². The number of aromatic nitrogens is 4. The first kappa shape index (κ1) is 15.3. The summed E-state index contributed by atoms with van der Waals surface area (Å²) in [4.78, 5) is 23.9. The summed E-state index contributed by atoms with van der Waals surface area (Å²) >= 11 is 0. The van der Waals surface area contributed by atoms with Crippen molar-refractivity contribution in [3.8, 4) is 0 Å². The van der Waals surface area contributed by atoms with Crippen LogP contribution in [0, 0.1) is 0 Å². The maximum absolute atomic E-state index is 11.5. The van der Waals surface area contributed by atoms with E-state index in [0.29, 0.717) is 23.4 Å². The highest BCUT2D eigenvalue weighted by molar-refractivity contribution is 5.81. The van der Waals surface area contributed by atoms with Gasteiger partial charge in [-0.3, -0.25) is 9.36 Å². The molecule has 8 heteroatoms.